The van der Waals surface area contributed by atoms with Crippen LogP contribution in [0.1, 0.15) is 56.2 Å². The van der Waals surface area contributed by atoms with Crippen LogP contribution in [0, 0.1) is 0 Å². The van der Waals surface area contributed by atoms with Gasteiger partial charge in [0.1, 0.15) is 0 Å². The lowest BCUT2D eigenvalue weighted by molar-refractivity contribution is 0.182. The zero-order valence-electron chi connectivity index (χ0n) is 21.2. The van der Waals surface area contributed by atoms with Crippen molar-refractivity contribution in [1.82, 2.24) is 9.47 Å². The van der Waals surface area contributed by atoms with Crippen LogP contribution in [0.3, 0.4) is 0 Å². The fraction of sp³-hybridized carbons (Fsp3) is 0.375. The summed E-state index contributed by atoms with van der Waals surface area (Å²) in [4.78, 5) is 2.63. The van der Waals surface area contributed by atoms with E-state index in [1.807, 2.05) is 18.2 Å². The van der Waals surface area contributed by atoms with Crippen LogP contribution in [-0.2, 0) is 4.75 Å². The third-order valence-corrected chi connectivity index (χ3v) is 9.89. The van der Waals surface area contributed by atoms with Crippen LogP contribution in [0.25, 0.3) is 21.9 Å². The average molecular weight is 497 g/mol. The Kier molecular flexibility index (Phi) is 6.57. The molecule has 0 bridgehead atoms. The highest BCUT2D eigenvalue weighted by molar-refractivity contribution is 8.00. The maximum absolute atomic E-state index is 10.7. The molecule has 1 aliphatic carbocycles. The van der Waals surface area contributed by atoms with Crippen LogP contribution in [0.2, 0.25) is 0 Å². The molecule has 4 aromatic rings. The minimum Gasteiger partial charge on any atom is -0.494 e. The summed E-state index contributed by atoms with van der Waals surface area (Å²) in [6, 6.07) is 26.7. The summed E-state index contributed by atoms with van der Waals surface area (Å²) in [5.74, 6) is 1.60. The highest BCUT2D eigenvalue weighted by Crippen LogP contribution is 2.57. The van der Waals surface area contributed by atoms with Crippen molar-refractivity contribution in [3.05, 3.63) is 90.1 Å². The fourth-order valence-electron chi connectivity index (χ4n) is 6.53. The van der Waals surface area contributed by atoms with Gasteiger partial charge >= 0.3 is 0 Å². The van der Waals surface area contributed by atoms with Gasteiger partial charge in [-0.3, -0.25) is 0 Å². The fourth-order valence-corrected chi connectivity index (χ4v) is 8.17. The van der Waals surface area contributed by atoms with E-state index in [0.717, 1.165) is 43.2 Å². The second-order valence-electron chi connectivity index (χ2n) is 10.4. The number of likely N-dealkylation sites (tertiary alicyclic amines) is 1. The predicted molar refractivity (Wildman–Crippen MR) is 153 cm³/mol. The molecule has 2 heterocycles. The quantitative estimate of drug-likeness (QED) is 0.252. The van der Waals surface area contributed by atoms with Crippen LogP contribution >= 0.6 is 11.8 Å². The molecule has 0 radical (unpaired) electrons. The zero-order valence-corrected chi connectivity index (χ0v) is 22.0. The Balaban J connectivity index is 1.08. The third-order valence-electron chi connectivity index (χ3n) is 8.26. The molecule has 4 heteroatoms. The number of hydrogen-bond donors (Lipinski definition) is 1. The molecule has 36 heavy (non-hydrogen) atoms. The molecule has 186 valence electrons. The van der Waals surface area contributed by atoms with Crippen LogP contribution in [0.4, 0.5) is 0 Å². The molecule has 3 nitrogen and oxygen atoms in total. The number of rotatable bonds is 8. The second kappa shape index (κ2) is 9.99. The topological polar surface area (TPSA) is 28.4 Å². The highest BCUT2D eigenvalue weighted by Gasteiger charge is 2.42. The number of aromatic nitrogens is 1. The van der Waals surface area contributed by atoms with E-state index < -0.39 is 0 Å². The van der Waals surface area contributed by atoms with Crippen molar-refractivity contribution in [3.63, 3.8) is 0 Å². The summed E-state index contributed by atoms with van der Waals surface area (Å²) in [5.41, 5.74) is 5.88. The predicted octanol–water partition coefficient (Wildman–Crippen LogP) is 7.83. The highest BCUT2D eigenvalue weighted by atomic mass is 32.2. The lowest BCUT2D eigenvalue weighted by atomic mass is 9.91. The molecule has 0 spiro atoms. The normalized spacial score (nSPS) is 17.4. The molecule has 3 aromatic carbocycles. The minimum atomic E-state index is 0.0862. The van der Waals surface area contributed by atoms with Crippen LogP contribution in [-0.4, -0.2) is 40.0 Å². The van der Waals surface area contributed by atoms with E-state index >= 15 is 0 Å². The number of nitrogens with zero attached hydrogens (tertiary/aromatic N) is 2. The largest absolute Gasteiger partial charge is 0.494 e. The Morgan fingerprint density at radius 3 is 2.19 bits per heavy atom. The van der Waals surface area contributed by atoms with Crippen molar-refractivity contribution in [2.75, 3.05) is 25.4 Å². The summed E-state index contributed by atoms with van der Waals surface area (Å²) in [7, 11) is 0. The Labute approximate surface area is 219 Å². The van der Waals surface area contributed by atoms with Gasteiger partial charge in [-0.2, -0.15) is 0 Å². The molecule has 0 unspecified atom stereocenters. The zero-order chi connectivity index (χ0) is 24.5. The first-order valence-corrected chi connectivity index (χ1v) is 14.5. The smallest absolute Gasteiger partial charge is 0.199 e. The van der Waals surface area contributed by atoms with Crippen molar-refractivity contribution in [2.45, 2.75) is 49.8 Å². The third kappa shape index (κ3) is 4.05. The van der Waals surface area contributed by atoms with Crippen molar-refractivity contribution in [3.8, 4) is 17.0 Å². The van der Waals surface area contributed by atoms with E-state index in [1.54, 1.807) is 0 Å². The van der Waals surface area contributed by atoms with E-state index in [9.17, 15) is 5.11 Å². The minimum absolute atomic E-state index is 0.0862. The monoisotopic (exact) mass is 496 g/mol. The molecule has 1 aliphatic heterocycles. The van der Waals surface area contributed by atoms with Gasteiger partial charge in [0.25, 0.3) is 0 Å². The molecule has 1 saturated heterocycles. The molecule has 0 amide bonds. The summed E-state index contributed by atoms with van der Waals surface area (Å²) in [6.45, 7) is 5.69. The van der Waals surface area contributed by atoms with Gasteiger partial charge in [0, 0.05) is 36.1 Å². The first kappa shape index (κ1) is 23.7. The van der Waals surface area contributed by atoms with Crippen molar-refractivity contribution < 1.29 is 5.11 Å². The Morgan fingerprint density at radius 1 is 0.889 bits per heavy atom. The summed E-state index contributed by atoms with van der Waals surface area (Å²) in [5, 5.41) is 12.8. The molecular weight excluding hydrogens is 460 g/mol. The molecule has 0 atom stereocenters. The first-order valence-electron chi connectivity index (χ1n) is 13.6. The number of benzene rings is 3. The Hall–Kier alpha value is -2.69. The van der Waals surface area contributed by atoms with Gasteiger partial charge < -0.3 is 14.6 Å². The van der Waals surface area contributed by atoms with Crippen molar-refractivity contribution in [2.24, 2.45) is 0 Å². The molecule has 2 aliphatic rings. The average Bonchev–Trinajstić information content (AvgIpc) is 3.41. The molecule has 1 N–H and O–H groups in total. The maximum Gasteiger partial charge on any atom is 0.199 e. The number of thioether (sulfide) groups is 1. The second-order valence-corrected chi connectivity index (χ2v) is 11.8. The van der Waals surface area contributed by atoms with Crippen LogP contribution in [0.15, 0.2) is 79.0 Å². The summed E-state index contributed by atoms with van der Waals surface area (Å²) < 4.78 is 2.20. The van der Waals surface area contributed by atoms with E-state index in [4.69, 9.17) is 0 Å². The van der Waals surface area contributed by atoms with Crippen LogP contribution in [0.5, 0.6) is 5.88 Å². The van der Waals surface area contributed by atoms with E-state index in [-0.39, 0.29) is 4.75 Å². The van der Waals surface area contributed by atoms with Gasteiger partial charge in [0.2, 0.25) is 0 Å². The number of fused-ring (bicyclic) bond motifs is 4. The van der Waals surface area contributed by atoms with Gasteiger partial charge in [-0.05, 0) is 66.3 Å². The van der Waals surface area contributed by atoms with Crippen molar-refractivity contribution in [1.29, 1.82) is 0 Å². The number of aromatic hydroxyl groups is 1. The lowest BCUT2D eigenvalue weighted by Crippen LogP contribution is -2.35. The van der Waals surface area contributed by atoms with E-state index in [2.05, 4.69) is 88.9 Å². The Bertz CT molecular complexity index is 1310. The van der Waals surface area contributed by atoms with Crippen molar-refractivity contribution >= 4 is 22.5 Å². The SMILES string of the molecule is CCCC1(SCCCN2CCC(n3cc4ccccc4c3O)CC2)c2ccccc2-c2ccccc21. The molecule has 6 rings (SSSR count). The Morgan fingerprint density at radius 2 is 1.53 bits per heavy atom. The first-order chi connectivity index (χ1) is 17.7. The molecular formula is C32H36N2OS. The molecule has 0 saturated carbocycles. The van der Waals surface area contributed by atoms with Gasteiger partial charge in [0.05, 0.1) is 4.75 Å². The van der Waals surface area contributed by atoms with E-state index in [0.29, 0.717) is 11.9 Å². The lowest BCUT2D eigenvalue weighted by Gasteiger charge is -2.34. The summed E-state index contributed by atoms with van der Waals surface area (Å²) in [6.07, 6.45) is 7.91. The van der Waals surface area contributed by atoms with Gasteiger partial charge in [0.15, 0.2) is 5.88 Å². The maximum atomic E-state index is 10.7. The molecule has 1 aromatic heterocycles. The molecule has 1 fully saturated rings. The van der Waals surface area contributed by atoms with Gasteiger partial charge in [-0.25, -0.2) is 0 Å². The van der Waals surface area contributed by atoms with Crippen LogP contribution < -0.4 is 0 Å². The summed E-state index contributed by atoms with van der Waals surface area (Å²) >= 11 is 2.17. The standard InChI is InChI=1S/C32H36N2OS/c1-2-18-32(29-14-7-5-12-27(29)28-13-6-8-15-30(28)32)36-22-9-19-33-20-16-25(17-21-33)34-23-24-10-3-4-11-26(24)31(34)35/h3-8,10-15,23,25,35H,2,9,16-22H2,1H3. The van der Waals surface area contributed by atoms with Gasteiger partial charge in [-0.15, -0.1) is 11.8 Å². The van der Waals surface area contributed by atoms with E-state index in [1.165, 1.54) is 47.3 Å². The number of hydrogen-bond acceptors (Lipinski definition) is 3. The van der Waals surface area contributed by atoms with Gasteiger partial charge in [-0.1, -0.05) is 80.1 Å². The number of piperidine rings is 1.